The molecule has 0 unspecified atom stereocenters. The Morgan fingerprint density at radius 1 is 1.42 bits per heavy atom. The first-order valence-corrected chi connectivity index (χ1v) is 6.18. The number of methoxy groups -OCH3 is 1. The average Bonchev–Trinajstić information content (AvgIpc) is 2.64. The van der Waals surface area contributed by atoms with E-state index in [0.29, 0.717) is 12.0 Å². The molecule has 3 nitrogen and oxygen atoms in total. The normalized spacial score (nSPS) is 26.1. The van der Waals surface area contributed by atoms with Gasteiger partial charge in [0.25, 0.3) is 0 Å². The van der Waals surface area contributed by atoms with Crippen LogP contribution in [0.5, 0.6) is 5.75 Å². The average molecular weight is 258 g/mol. The van der Waals surface area contributed by atoms with Crippen molar-refractivity contribution in [3.8, 4) is 5.75 Å². The van der Waals surface area contributed by atoms with Crippen LogP contribution in [0.25, 0.3) is 0 Å². The summed E-state index contributed by atoms with van der Waals surface area (Å²) in [5.74, 6) is 0.447. The largest absolute Gasteiger partial charge is 0.497 e. The fraction of sp³-hybridized carbons (Fsp3) is 0.312. The molecule has 1 aliphatic heterocycles. The zero-order valence-electron chi connectivity index (χ0n) is 11.3. The van der Waals surface area contributed by atoms with Crippen LogP contribution in [0.4, 0.5) is 0 Å². The molecule has 2 atom stereocenters. The number of benzene rings is 1. The molecular weight excluding hydrogens is 240 g/mol. The topological polar surface area (TPSA) is 35.5 Å². The first-order chi connectivity index (χ1) is 9.02. The molecule has 2 rings (SSSR count). The Hall–Kier alpha value is -2.03. The maximum Gasteiger partial charge on any atom is 0.334 e. The third-order valence-corrected chi connectivity index (χ3v) is 3.73. The standard InChI is InChI=1S/C16H18O3/c1-5-10-16(3)11(2)15(17)19-14(16)12-6-8-13(18-4)9-7-12/h5-9,14H,1-2,10H2,3-4H3/t14-,16-/m1/s1. The zero-order valence-corrected chi connectivity index (χ0v) is 11.3. The van der Waals surface area contributed by atoms with E-state index in [1.165, 1.54) is 0 Å². The van der Waals surface area contributed by atoms with Crippen molar-refractivity contribution in [2.45, 2.75) is 19.4 Å². The number of carbonyl (C=O) groups excluding carboxylic acids is 1. The van der Waals surface area contributed by atoms with Crippen LogP contribution in [0.3, 0.4) is 0 Å². The van der Waals surface area contributed by atoms with Crippen molar-refractivity contribution in [1.29, 1.82) is 0 Å². The molecule has 0 bridgehead atoms. The molecule has 0 saturated carbocycles. The molecule has 0 aliphatic carbocycles. The maximum absolute atomic E-state index is 11.8. The van der Waals surface area contributed by atoms with Crippen molar-refractivity contribution in [2.75, 3.05) is 7.11 Å². The van der Waals surface area contributed by atoms with E-state index in [0.717, 1.165) is 11.3 Å². The van der Waals surface area contributed by atoms with E-state index in [2.05, 4.69) is 13.2 Å². The van der Waals surface area contributed by atoms with E-state index in [9.17, 15) is 4.79 Å². The third-order valence-electron chi connectivity index (χ3n) is 3.73. The first kappa shape index (κ1) is 13.4. The second-order valence-corrected chi connectivity index (χ2v) is 4.95. The van der Waals surface area contributed by atoms with Gasteiger partial charge in [0.15, 0.2) is 0 Å². The number of hydrogen-bond acceptors (Lipinski definition) is 3. The molecule has 0 aromatic heterocycles. The summed E-state index contributed by atoms with van der Waals surface area (Å²) in [5.41, 5.74) is 1.01. The van der Waals surface area contributed by atoms with Crippen molar-refractivity contribution in [3.05, 3.63) is 54.6 Å². The molecule has 1 aromatic rings. The van der Waals surface area contributed by atoms with Gasteiger partial charge in [0, 0.05) is 11.0 Å². The Morgan fingerprint density at radius 2 is 2.05 bits per heavy atom. The summed E-state index contributed by atoms with van der Waals surface area (Å²) in [6.45, 7) is 9.61. The molecule has 0 amide bonds. The van der Waals surface area contributed by atoms with E-state index in [1.807, 2.05) is 31.2 Å². The summed E-state index contributed by atoms with van der Waals surface area (Å²) < 4.78 is 10.6. The number of esters is 1. The minimum absolute atomic E-state index is 0.323. The van der Waals surface area contributed by atoms with Gasteiger partial charge in [-0.25, -0.2) is 4.79 Å². The summed E-state index contributed by atoms with van der Waals surface area (Å²) in [7, 11) is 1.62. The van der Waals surface area contributed by atoms with Crippen LogP contribution in [-0.4, -0.2) is 13.1 Å². The van der Waals surface area contributed by atoms with Crippen molar-refractivity contribution in [2.24, 2.45) is 5.41 Å². The molecule has 1 aliphatic rings. The Bertz CT molecular complexity index is 515. The van der Waals surface area contributed by atoms with Gasteiger partial charge in [-0.3, -0.25) is 0 Å². The van der Waals surface area contributed by atoms with Gasteiger partial charge in [0.1, 0.15) is 11.9 Å². The SMILES string of the molecule is C=CC[C@]1(C)C(=C)C(=O)O[C@@H]1c1ccc(OC)cc1. The molecule has 0 radical (unpaired) electrons. The lowest BCUT2D eigenvalue weighted by Gasteiger charge is -2.28. The maximum atomic E-state index is 11.8. The van der Waals surface area contributed by atoms with Gasteiger partial charge in [-0.15, -0.1) is 6.58 Å². The van der Waals surface area contributed by atoms with Gasteiger partial charge >= 0.3 is 5.97 Å². The molecule has 0 N–H and O–H groups in total. The predicted octanol–water partition coefficient (Wildman–Crippen LogP) is 3.43. The molecule has 100 valence electrons. The number of allylic oxidation sites excluding steroid dienone is 1. The Kier molecular flexibility index (Phi) is 3.47. The van der Waals surface area contributed by atoms with Gasteiger partial charge in [-0.2, -0.15) is 0 Å². The van der Waals surface area contributed by atoms with E-state index >= 15 is 0 Å². The number of cyclic esters (lactones) is 1. The van der Waals surface area contributed by atoms with E-state index < -0.39 is 5.41 Å². The van der Waals surface area contributed by atoms with Gasteiger partial charge < -0.3 is 9.47 Å². The van der Waals surface area contributed by atoms with Crippen molar-refractivity contribution >= 4 is 5.97 Å². The summed E-state index contributed by atoms with van der Waals surface area (Å²) in [6, 6.07) is 7.55. The van der Waals surface area contributed by atoms with Crippen LogP contribution >= 0.6 is 0 Å². The van der Waals surface area contributed by atoms with Crippen LogP contribution in [0.15, 0.2) is 49.1 Å². The highest BCUT2D eigenvalue weighted by Crippen LogP contribution is 2.51. The highest BCUT2D eigenvalue weighted by Gasteiger charge is 2.48. The Morgan fingerprint density at radius 3 is 2.58 bits per heavy atom. The summed E-state index contributed by atoms with van der Waals surface area (Å²) in [6.07, 6.45) is 2.12. The Labute approximate surface area is 113 Å². The molecule has 1 aromatic carbocycles. The Balaban J connectivity index is 2.38. The highest BCUT2D eigenvalue weighted by molar-refractivity contribution is 5.92. The lowest BCUT2D eigenvalue weighted by molar-refractivity contribution is -0.140. The van der Waals surface area contributed by atoms with E-state index in [4.69, 9.17) is 9.47 Å². The number of ether oxygens (including phenoxy) is 2. The molecule has 19 heavy (non-hydrogen) atoms. The van der Waals surface area contributed by atoms with E-state index in [-0.39, 0.29) is 12.1 Å². The smallest absolute Gasteiger partial charge is 0.334 e. The van der Waals surface area contributed by atoms with Crippen LogP contribution in [-0.2, 0) is 9.53 Å². The minimum Gasteiger partial charge on any atom is -0.497 e. The summed E-state index contributed by atoms with van der Waals surface area (Å²) >= 11 is 0. The summed E-state index contributed by atoms with van der Waals surface area (Å²) in [5, 5.41) is 0. The van der Waals surface area contributed by atoms with E-state index in [1.54, 1.807) is 13.2 Å². The lowest BCUT2D eigenvalue weighted by atomic mass is 9.74. The van der Waals surface area contributed by atoms with Crippen molar-refractivity contribution < 1.29 is 14.3 Å². The lowest BCUT2D eigenvalue weighted by Crippen LogP contribution is -2.21. The quantitative estimate of drug-likeness (QED) is 0.471. The second-order valence-electron chi connectivity index (χ2n) is 4.95. The predicted molar refractivity (Wildman–Crippen MR) is 73.9 cm³/mol. The monoisotopic (exact) mass is 258 g/mol. The molecule has 1 heterocycles. The molecular formula is C16H18O3. The number of carbonyl (C=O) groups is 1. The third kappa shape index (κ3) is 2.16. The molecule has 3 heteroatoms. The number of hydrogen-bond donors (Lipinski definition) is 0. The van der Waals surface area contributed by atoms with Crippen molar-refractivity contribution in [1.82, 2.24) is 0 Å². The minimum atomic E-state index is -0.437. The number of rotatable bonds is 4. The van der Waals surface area contributed by atoms with Gasteiger partial charge in [-0.05, 0) is 24.1 Å². The first-order valence-electron chi connectivity index (χ1n) is 6.18. The second kappa shape index (κ2) is 4.92. The van der Waals surface area contributed by atoms with Crippen LogP contribution in [0, 0.1) is 5.41 Å². The van der Waals surface area contributed by atoms with Crippen LogP contribution in [0.1, 0.15) is 25.0 Å². The highest BCUT2D eigenvalue weighted by atomic mass is 16.6. The fourth-order valence-electron chi connectivity index (χ4n) is 2.44. The molecule has 0 spiro atoms. The van der Waals surface area contributed by atoms with Gasteiger partial charge in [0.05, 0.1) is 7.11 Å². The van der Waals surface area contributed by atoms with Gasteiger partial charge in [-0.1, -0.05) is 31.7 Å². The van der Waals surface area contributed by atoms with Crippen molar-refractivity contribution in [3.63, 3.8) is 0 Å². The fourth-order valence-corrected chi connectivity index (χ4v) is 2.44. The van der Waals surface area contributed by atoms with Gasteiger partial charge in [0.2, 0.25) is 0 Å². The molecule has 1 fully saturated rings. The summed E-state index contributed by atoms with van der Waals surface area (Å²) in [4.78, 5) is 11.8. The zero-order chi connectivity index (χ0) is 14.0. The van der Waals surface area contributed by atoms with Crippen LogP contribution in [0.2, 0.25) is 0 Å². The molecule has 1 saturated heterocycles. The van der Waals surface area contributed by atoms with Crippen LogP contribution < -0.4 is 4.74 Å².